The van der Waals surface area contributed by atoms with Gasteiger partial charge in [0.1, 0.15) is 6.26 Å². The average Bonchev–Trinajstić information content (AvgIpc) is 2.52. The minimum atomic E-state index is -4.64. The van der Waals surface area contributed by atoms with Crippen molar-refractivity contribution in [2.75, 3.05) is 6.61 Å². The van der Waals surface area contributed by atoms with E-state index in [4.69, 9.17) is 19.2 Å². The Morgan fingerprint density at radius 1 is 0.846 bits per heavy atom. The molecule has 26 heavy (non-hydrogen) atoms. The van der Waals surface area contributed by atoms with Crippen LogP contribution in [0.25, 0.3) is 0 Å². The van der Waals surface area contributed by atoms with E-state index in [1.807, 2.05) is 0 Å². The van der Waals surface area contributed by atoms with Gasteiger partial charge < -0.3 is 19.6 Å². The van der Waals surface area contributed by atoms with Crippen molar-refractivity contribution in [3.8, 4) is 0 Å². The first-order valence-corrected chi connectivity index (χ1v) is 9.18. The van der Waals surface area contributed by atoms with E-state index < -0.39 is 7.82 Å². The number of hydrogen-bond acceptors (Lipinski definition) is 10. The molecule has 0 fully saturated rings. The second kappa shape index (κ2) is 20.6. The molecule has 0 aromatic heterocycles. The Kier molecular flexibility index (Phi) is 21.9. The van der Waals surface area contributed by atoms with Gasteiger partial charge in [0.15, 0.2) is 0 Å². The van der Waals surface area contributed by atoms with E-state index in [9.17, 15) is 0 Å². The summed E-state index contributed by atoms with van der Waals surface area (Å²) in [6, 6.07) is 0. The van der Waals surface area contributed by atoms with Gasteiger partial charge in [-0.2, -0.15) is 0 Å². The van der Waals surface area contributed by atoms with Crippen molar-refractivity contribution in [2.45, 2.75) is 52.4 Å². The minimum absolute atomic E-state index is 0.376. The summed E-state index contributed by atoms with van der Waals surface area (Å²) in [6.07, 6.45) is 7.83. The number of phosphoric acid groups is 1. The number of hydrogen-bond donors (Lipinski definition) is 3. The number of rotatable bonds is 17. The third kappa shape index (κ3) is 38.7. The summed E-state index contributed by atoms with van der Waals surface area (Å²) in [5.41, 5.74) is 0. The first kappa shape index (κ1) is 27.5. The van der Waals surface area contributed by atoms with Crippen molar-refractivity contribution in [3.05, 3.63) is 12.8 Å². The van der Waals surface area contributed by atoms with E-state index in [2.05, 4.69) is 65.5 Å². The quantitative estimate of drug-likeness (QED) is 0.106. The summed E-state index contributed by atoms with van der Waals surface area (Å²) >= 11 is 0. The number of unbranched alkanes of at least 4 members (excludes halogenated alkanes) is 4. The van der Waals surface area contributed by atoms with Gasteiger partial charge in [-0.1, -0.05) is 52.5 Å². The van der Waals surface area contributed by atoms with Crippen LogP contribution in [0, 0.1) is 5.92 Å². The van der Waals surface area contributed by atoms with Gasteiger partial charge in [-0.15, -0.1) is 0 Å². The Morgan fingerprint density at radius 3 is 1.85 bits per heavy atom. The molecule has 0 aromatic carbocycles. The molecule has 0 radical (unpaired) electrons. The Bertz CT molecular complexity index is 327. The topological polar surface area (TPSA) is 161 Å². The van der Waals surface area contributed by atoms with Gasteiger partial charge in [0.05, 0.1) is 6.61 Å². The molecule has 0 aliphatic carbocycles. The van der Waals surface area contributed by atoms with Crippen LogP contribution in [0.5, 0.6) is 0 Å². The normalized spacial score (nSPS) is 11.2. The maximum absolute atomic E-state index is 8.88. The van der Waals surface area contributed by atoms with E-state index >= 15 is 0 Å². The van der Waals surface area contributed by atoms with Crippen LogP contribution < -0.4 is 0 Å². The largest absolute Gasteiger partial charge is 0.466 e. The van der Waals surface area contributed by atoms with Gasteiger partial charge in [-0.05, 0) is 27.5 Å². The standard InChI is InChI=1S/C12H24O9.H3O4P/c1-4-13-15-17-19-21-20-18-16-14-11-9-7-5-6-8-10-12(2)3;1-5(2,3)4/h4,12H,1,5-11H2,2-3H3;(H3,1,2,3,4). The summed E-state index contributed by atoms with van der Waals surface area (Å²) in [5, 5.41) is 27.1. The molecular formula is C12H27O13P. The molecule has 0 saturated carbocycles. The Labute approximate surface area is 150 Å². The third-order valence-corrected chi connectivity index (χ3v) is 2.33. The van der Waals surface area contributed by atoms with Crippen molar-refractivity contribution >= 4 is 7.82 Å². The summed E-state index contributed by atoms with van der Waals surface area (Å²) in [7, 11) is -4.64. The van der Waals surface area contributed by atoms with Gasteiger partial charge in [0, 0.05) is 20.2 Å². The van der Waals surface area contributed by atoms with Gasteiger partial charge in [-0.25, -0.2) is 9.45 Å². The lowest BCUT2D eigenvalue weighted by atomic mass is 10.0. The highest BCUT2D eigenvalue weighted by Crippen LogP contribution is 2.25. The minimum Gasteiger partial charge on any atom is -0.315 e. The maximum Gasteiger partial charge on any atom is 0.466 e. The second-order valence-electron chi connectivity index (χ2n) is 5.02. The van der Waals surface area contributed by atoms with E-state index in [1.54, 1.807) is 0 Å². The van der Waals surface area contributed by atoms with Crippen LogP contribution in [-0.4, -0.2) is 21.3 Å². The van der Waals surface area contributed by atoms with Crippen LogP contribution in [0.1, 0.15) is 52.4 Å². The molecule has 0 heterocycles. The Balaban J connectivity index is 0. The monoisotopic (exact) mass is 410 g/mol. The lowest BCUT2D eigenvalue weighted by Crippen LogP contribution is -2.02. The second-order valence-corrected chi connectivity index (χ2v) is 6.05. The Hall–Kier alpha value is -0.670. The first-order valence-electron chi connectivity index (χ1n) is 7.61. The van der Waals surface area contributed by atoms with Crippen LogP contribution in [0.4, 0.5) is 0 Å². The zero-order valence-corrected chi connectivity index (χ0v) is 15.6. The lowest BCUT2D eigenvalue weighted by molar-refractivity contribution is -0.829. The van der Waals surface area contributed by atoms with E-state index in [-0.39, 0.29) is 0 Å². The molecule has 3 N–H and O–H groups in total. The van der Waals surface area contributed by atoms with E-state index in [1.165, 1.54) is 25.7 Å². The van der Waals surface area contributed by atoms with Crippen molar-refractivity contribution < 1.29 is 64.3 Å². The van der Waals surface area contributed by atoms with Crippen molar-refractivity contribution in [1.82, 2.24) is 0 Å². The van der Waals surface area contributed by atoms with Crippen LogP contribution in [0.15, 0.2) is 12.8 Å². The molecule has 0 aromatic rings. The van der Waals surface area contributed by atoms with Crippen molar-refractivity contribution in [2.24, 2.45) is 5.92 Å². The maximum atomic E-state index is 8.88. The van der Waals surface area contributed by atoms with E-state index in [0.717, 1.165) is 25.0 Å². The van der Waals surface area contributed by atoms with Gasteiger partial charge in [0.2, 0.25) is 0 Å². The summed E-state index contributed by atoms with van der Waals surface area (Å²) in [5.74, 6) is 0.775. The average molecular weight is 410 g/mol. The summed E-state index contributed by atoms with van der Waals surface area (Å²) < 4.78 is 8.88. The fraction of sp³-hybridized carbons (Fsp3) is 0.833. The van der Waals surface area contributed by atoms with Crippen molar-refractivity contribution in [3.63, 3.8) is 0 Å². The predicted molar refractivity (Wildman–Crippen MR) is 81.6 cm³/mol. The molecule has 0 atom stereocenters. The van der Waals surface area contributed by atoms with Crippen LogP contribution in [0.2, 0.25) is 0 Å². The van der Waals surface area contributed by atoms with Crippen LogP contribution in [-0.2, 0) is 49.6 Å². The van der Waals surface area contributed by atoms with E-state index in [0.29, 0.717) is 6.61 Å². The molecule has 0 spiro atoms. The van der Waals surface area contributed by atoms with Crippen LogP contribution in [0.3, 0.4) is 0 Å². The fourth-order valence-corrected chi connectivity index (χ4v) is 1.40. The highest BCUT2D eigenvalue weighted by Gasteiger charge is 2.00. The molecular weight excluding hydrogens is 383 g/mol. The molecule has 0 saturated heterocycles. The lowest BCUT2D eigenvalue weighted by Gasteiger charge is -2.04. The Morgan fingerprint density at radius 2 is 1.31 bits per heavy atom. The molecule has 0 bridgehead atoms. The molecule has 0 amide bonds. The molecule has 0 rings (SSSR count). The molecule has 0 aliphatic rings. The SMILES string of the molecule is C=COOOOOOOOOCCCCCCCC(C)C.O=P(O)(O)O. The molecule has 158 valence electrons. The molecule has 0 aliphatic heterocycles. The zero-order valence-electron chi connectivity index (χ0n) is 14.7. The van der Waals surface area contributed by atoms with Gasteiger partial charge >= 0.3 is 7.82 Å². The summed E-state index contributed by atoms with van der Waals surface area (Å²) in [4.78, 5) is 30.2. The highest BCUT2D eigenvalue weighted by atomic mass is 31.2. The predicted octanol–water partition coefficient (Wildman–Crippen LogP) is 2.67. The fourth-order valence-electron chi connectivity index (χ4n) is 1.40. The molecule has 14 heteroatoms. The highest BCUT2D eigenvalue weighted by molar-refractivity contribution is 7.45. The van der Waals surface area contributed by atoms with Crippen LogP contribution >= 0.6 is 7.82 Å². The van der Waals surface area contributed by atoms with Gasteiger partial charge in [-0.3, -0.25) is 0 Å². The smallest absolute Gasteiger partial charge is 0.315 e. The molecule has 13 nitrogen and oxygen atoms in total. The molecule has 0 unspecified atom stereocenters. The zero-order chi connectivity index (χ0) is 20.1. The van der Waals surface area contributed by atoms with Gasteiger partial charge in [0.25, 0.3) is 0 Å². The summed E-state index contributed by atoms with van der Waals surface area (Å²) in [6.45, 7) is 8.00. The first-order chi connectivity index (χ1) is 12.3. The third-order valence-electron chi connectivity index (χ3n) is 2.33. The van der Waals surface area contributed by atoms with Crippen molar-refractivity contribution in [1.29, 1.82) is 0 Å².